The van der Waals surface area contributed by atoms with Crippen molar-refractivity contribution in [3.63, 3.8) is 0 Å². The van der Waals surface area contributed by atoms with Crippen molar-refractivity contribution in [1.82, 2.24) is 24.3 Å². The van der Waals surface area contributed by atoms with E-state index < -0.39 is 29.7 Å². The second-order valence-electron chi connectivity index (χ2n) is 11.7. The van der Waals surface area contributed by atoms with Gasteiger partial charge < -0.3 is 15.8 Å². The number of benzene rings is 2. The van der Waals surface area contributed by atoms with Crippen molar-refractivity contribution in [1.29, 1.82) is 0 Å². The number of halogens is 3. The summed E-state index contributed by atoms with van der Waals surface area (Å²) >= 11 is 0. The Labute approximate surface area is 263 Å². The second kappa shape index (κ2) is 14.4. The number of aromatic nitrogens is 2. The van der Waals surface area contributed by atoms with Gasteiger partial charge in [-0.2, -0.15) is 18.3 Å². The molecule has 0 bridgehead atoms. The van der Waals surface area contributed by atoms with Gasteiger partial charge in [0.05, 0.1) is 10.4 Å². The summed E-state index contributed by atoms with van der Waals surface area (Å²) in [5, 5.41) is 7.10. The maximum Gasteiger partial charge on any atom is 0.408 e. The zero-order valence-corrected chi connectivity index (χ0v) is 26.2. The Morgan fingerprint density at radius 3 is 2.51 bits per heavy atom. The number of likely N-dealkylation sites (tertiary alicyclic amines) is 1. The lowest BCUT2D eigenvalue weighted by molar-refractivity contribution is -0.141. The zero-order valence-electron chi connectivity index (χ0n) is 25.3. The van der Waals surface area contributed by atoms with Gasteiger partial charge in [-0.25, -0.2) is 13.3 Å². The molecule has 1 atom stereocenters. The van der Waals surface area contributed by atoms with Crippen molar-refractivity contribution in [3.8, 4) is 0 Å². The van der Waals surface area contributed by atoms with Crippen LogP contribution in [0.4, 0.5) is 23.8 Å². The van der Waals surface area contributed by atoms with Crippen LogP contribution in [0, 0.1) is 0 Å². The number of hydrogen-bond acceptors (Lipinski definition) is 6. The molecule has 2 aromatic carbocycles. The van der Waals surface area contributed by atoms with Crippen LogP contribution in [0.3, 0.4) is 0 Å². The number of nitrogens with zero attached hydrogens (tertiary/aromatic N) is 5. The topological polar surface area (TPSA) is 117 Å². The van der Waals surface area contributed by atoms with Gasteiger partial charge in [-0.05, 0) is 80.1 Å². The maximum atomic E-state index is 13.5. The van der Waals surface area contributed by atoms with Gasteiger partial charge in [0.2, 0.25) is 0 Å². The summed E-state index contributed by atoms with van der Waals surface area (Å²) in [4.78, 5) is 27.9. The number of nitrogens with one attached hydrogen (secondary N) is 1. The highest BCUT2D eigenvalue weighted by Gasteiger charge is 2.32. The smallest absolute Gasteiger partial charge is 0.341 e. The minimum Gasteiger partial charge on any atom is -0.341 e. The predicted molar refractivity (Wildman–Crippen MR) is 167 cm³/mol. The maximum absolute atomic E-state index is 13.5. The average molecular weight is 648 g/mol. The fraction of sp³-hybridized carbons (Fsp3) is 0.516. The van der Waals surface area contributed by atoms with Crippen LogP contribution in [0.15, 0.2) is 47.4 Å². The molecule has 1 unspecified atom stereocenters. The summed E-state index contributed by atoms with van der Waals surface area (Å²) in [6.45, 7) is 2.49. The van der Waals surface area contributed by atoms with Gasteiger partial charge >= 0.3 is 12.2 Å². The number of carbonyl (C=O) groups excluding carboxylic acids is 2. The minimum atomic E-state index is -4.51. The van der Waals surface area contributed by atoms with Crippen molar-refractivity contribution in [2.75, 3.05) is 44.7 Å². The number of anilines is 1. The van der Waals surface area contributed by atoms with E-state index in [1.807, 2.05) is 34.6 Å². The lowest BCUT2D eigenvalue weighted by Crippen LogP contribution is -2.40. The van der Waals surface area contributed by atoms with E-state index in [2.05, 4.69) is 15.3 Å². The zero-order chi connectivity index (χ0) is 32.1. The molecule has 3 heterocycles. The molecule has 2 aliphatic rings. The monoisotopic (exact) mass is 647 g/mol. The number of urea groups is 1. The predicted octanol–water partition coefficient (Wildman–Crippen LogP) is 4.16. The SMILES string of the molecule is CNC(=O)N(CCC=O)c1nn(CC(F)(F)F)c2cc(C3CCN(Cc4cccc(S(=O)N5CCC(N)CC5)c4)CC3)ccc12. The molecular weight excluding hydrogens is 607 g/mol. The number of rotatable bonds is 10. The molecule has 3 N–H and O–H groups in total. The quantitative estimate of drug-likeness (QED) is 0.320. The lowest BCUT2D eigenvalue weighted by atomic mass is 9.89. The Morgan fingerprint density at radius 1 is 1.11 bits per heavy atom. The highest BCUT2D eigenvalue weighted by molar-refractivity contribution is 7.82. The fourth-order valence-electron chi connectivity index (χ4n) is 6.16. The van der Waals surface area contributed by atoms with Gasteiger partial charge in [-0.15, -0.1) is 0 Å². The summed E-state index contributed by atoms with van der Waals surface area (Å²) in [5.74, 6) is 0.238. The first-order valence-electron chi connectivity index (χ1n) is 15.3. The molecule has 1 aromatic heterocycles. The fourth-order valence-corrected chi connectivity index (χ4v) is 7.45. The molecule has 0 aliphatic carbocycles. The summed E-state index contributed by atoms with van der Waals surface area (Å²) in [6, 6.07) is 12.9. The van der Waals surface area contributed by atoms with Crippen molar-refractivity contribution in [2.24, 2.45) is 5.73 Å². The van der Waals surface area contributed by atoms with Crippen molar-refractivity contribution < 1.29 is 27.0 Å². The first-order chi connectivity index (χ1) is 21.6. The summed E-state index contributed by atoms with van der Waals surface area (Å²) in [7, 11) is 0.198. The van der Waals surface area contributed by atoms with Gasteiger partial charge in [0.15, 0.2) is 5.82 Å². The van der Waals surface area contributed by atoms with E-state index in [0.717, 1.165) is 79.1 Å². The van der Waals surface area contributed by atoms with Crippen LogP contribution in [0.2, 0.25) is 0 Å². The van der Waals surface area contributed by atoms with Gasteiger partial charge in [-0.3, -0.25) is 14.5 Å². The highest BCUT2D eigenvalue weighted by atomic mass is 32.2. The Bertz CT molecular complexity index is 1520. The normalized spacial score (nSPS) is 18.2. The van der Waals surface area contributed by atoms with Gasteiger partial charge in [0, 0.05) is 51.1 Å². The highest BCUT2D eigenvalue weighted by Crippen LogP contribution is 2.35. The first-order valence-corrected chi connectivity index (χ1v) is 16.4. The molecule has 0 spiro atoms. The molecule has 5 rings (SSSR count). The van der Waals surface area contributed by atoms with E-state index in [9.17, 15) is 27.0 Å². The number of fused-ring (bicyclic) bond motifs is 1. The van der Waals surface area contributed by atoms with E-state index in [4.69, 9.17) is 5.73 Å². The number of piperidine rings is 2. The van der Waals surface area contributed by atoms with Gasteiger partial charge in [0.25, 0.3) is 0 Å². The molecular formula is C31H40F3N7O3S. The molecule has 14 heteroatoms. The molecule has 3 aromatic rings. The van der Waals surface area contributed by atoms with Crippen LogP contribution < -0.4 is 16.0 Å². The Balaban J connectivity index is 1.29. The summed E-state index contributed by atoms with van der Waals surface area (Å²) in [5.41, 5.74) is 8.32. The average Bonchev–Trinajstić information content (AvgIpc) is 3.37. The number of carbonyl (C=O) groups is 2. The third kappa shape index (κ3) is 8.10. The summed E-state index contributed by atoms with van der Waals surface area (Å²) in [6.07, 6.45) is -0.496. The van der Waals surface area contributed by atoms with Crippen molar-refractivity contribution in [2.45, 2.75) is 68.2 Å². The van der Waals surface area contributed by atoms with E-state index in [-0.39, 0.29) is 30.7 Å². The minimum absolute atomic E-state index is 0.00665. The standard InChI is InChI=1S/C31H40F3N7O3S/c1-36-30(43)40(12-3-17-42)29-27-7-6-24(19-28(27)41(37-29)21-31(32,33)34)23-8-13-38(14-9-23)20-22-4-2-5-26(18-22)45(44)39-15-10-25(35)11-16-39/h2,4-7,17-19,23,25H,3,8-16,20-21,35H2,1H3,(H,36,43). The van der Waals surface area contributed by atoms with Gasteiger partial charge in [-0.1, -0.05) is 18.2 Å². The van der Waals surface area contributed by atoms with E-state index >= 15 is 0 Å². The Morgan fingerprint density at radius 2 is 1.84 bits per heavy atom. The molecule has 0 radical (unpaired) electrons. The van der Waals surface area contributed by atoms with E-state index in [0.29, 0.717) is 17.2 Å². The van der Waals surface area contributed by atoms with Crippen LogP contribution in [-0.4, -0.2) is 87.5 Å². The summed E-state index contributed by atoms with van der Waals surface area (Å²) < 4.78 is 56.6. The van der Waals surface area contributed by atoms with Crippen LogP contribution in [0.5, 0.6) is 0 Å². The number of amides is 2. The molecule has 2 amide bonds. The molecule has 10 nitrogen and oxygen atoms in total. The lowest BCUT2D eigenvalue weighted by Gasteiger charge is -2.32. The molecule has 2 saturated heterocycles. The van der Waals surface area contributed by atoms with Crippen molar-refractivity contribution in [3.05, 3.63) is 53.6 Å². The van der Waals surface area contributed by atoms with Crippen LogP contribution in [-0.2, 0) is 28.9 Å². The molecule has 2 aliphatic heterocycles. The van der Waals surface area contributed by atoms with Crippen LogP contribution in [0.25, 0.3) is 10.9 Å². The Hall–Kier alpha value is -3.33. The number of hydrogen-bond donors (Lipinski definition) is 2. The Kier molecular flexibility index (Phi) is 10.6. The first kappa shape index (κ1) is 33.0. The second-order valence-corrected chi connectivity index (χ2v) is 13.2. The third-order valence-electron chi connectivity index (χ3n) is 8.57. The number of aldehydes is 1. The van der Waals surface area contributed by atoms with E-state index in [1.165, 1.54) is 11.9 Å². The molecule has 244 valence electrons. The largest absolute Gasteiger partial charge is 0.408 e. The molecule has 2 fully saturated rings. The van der Waals surface area contributed by atoms with Gasteiger partial charge in [0.1, 0.15) is 23.8 Å². The van der Waals surface area contributed by atoms with E-state index in [1.54, 1.807) is 12.1 Å². The van der Waals surface area contributed by atoms with Crippen LogP contribution in [0.1, 0.15) is 49.1 Å². The third-order valence-corrected chi connectivity index (χ3v) is 10.1. The molecule has 45 heavy (non-hydrogen) atoms. The van der Waals surface area contributed by atoms with Crippen LogP contribution >= 0.6 is 0 Å². The van der Waals surface area contributed by atoms with Crippen molar-refractivity contribution >= 4 is 40.0 Å². The number of alkyl halides is 3. The number of nitrogens with two attached hydrogens (primary N) is 1. The molecule has 0 saturated carbocycles.